The maximum atomic E-state index is 13.0. The zero-order valence-electron chi connectivity index (χ0n) is 13.5. The van der Waals surface area contributed by atoms with Gasteiger partial charge in [-0.05, 0) is 43.5 Å². The molecule has 0 radical (unpaired) electrons. The predicted octanol–water partition coefficient (Wildman–Crippen LogP) is 4.47. The van der Waals surface area contributed by atoms with Gasteiger partial charge >= 0.3 is 6.18 Å². The lowest BCUT2D eigenvalue weighted by Gasteiger charge is -2.26. The minimum absolute atomic E-state index is 0.0492. The lowest BCUT2D eigenvalue weighted by Crippen LogP contribution is -2.36. The van der Waals surface area contributed by atoms with Gasteiger partial charge in [-0.1, -0.05) is 12.1 Å². The summed E-state index contributed by atoms with van der Waals surface area (Å²) in [4.78, 5) is 18.2. The van der Waals surface area contributed by atoms with Gasteiger partial charge in [-0.2, -0.15) is 13.2 Å². The van der Waals surface area contributed by atoms with Gasteiger partial charge in [0, 0.05) is 13.1 Å². The molecule has 0 saturated carbocycles. The summed E-state index contributed by atoms with van der Waals surface area (Å²) in [6, 6.07) is 8.35. The number of nitrogens with one attached hydrogen (secondary N) is 1. The molecule has 0 spiro atoms. The average Bonchev–Trinajstić information content (AvgIpc) is 2.62. The quantitative estimate of drug-likeness (QED) is 0.889. The molecule has 1 aliphatic rings. The molecule has 2 aromatic rings. The fraction of sp³-hybridized carbons (Fsp3) is 0.333. The summed E-state index contributed by atoms with van der Waals surface area (Å²) in [6.45, 7) is 1.44. The van der Waals surface area contributed by atoms with Crippen molar-refractivity contribution in [1.29, 1.82) is 0 Å². The highest BCUT2D eigenvalue weighted by Crippen LogP contribution is 2.35. The molecule has 3 rings (SSSR count). The Kier molecular flexibility index (Phi) is 4.92. The average molecular weight is 349 g/mol. The number of amides is 1. The zero-order chi connectivity index (χ0) is 17.9. The molecular weight excluding hydrogens is 331 g/mol. The van der Waals surface area contributed by atoms with Gasteiger partial charge < -0.3 is 10.2 Å². The number of benzene rings is 1. The molecule has 1 aromatic carbocycles. The van der Waals surface area contributed by atoms with Crippen molar-refractivity contribution in [3.8, 4) is 0 Å². The Morgan fingerprint density at radius 1 is 1.04 bits per heavy atom. The molecule has 1 amide bonds. The Morgan fingerprint density at radius 2 is 1.76 bits per heavy atom. The van der Waals surface area contributed by atoms with E-state index >= 15 is 0 Å². The number of pyridine rings is 1. The second kappa shape index (κ2) is 7.13. The van der Waals surface area contributed by atoms with Crippen molar-refractivity contribution < 1.29 is 18.0 Å². The minimum atomic E-state index is -4.44. The first-order chi connectivity index (χ1) is 11.9. The number of piperidine rings is 1. The number of hydrogen-bond donors (Lipinski definition) is 1. The number of halogens is 3. The normalized spacial score (nSPS) is 15.1. The monoisotopic (exact) mass is 349 g/mol. The van der Waals surface area contributed by atoms with Crippen LogP contribution in [0.5, 0.6) is 0 Å². The van der Waals surface area contributed by atoms with Crippen LogP contribution in [0.4, 0.5) is 24.5 Å². The molecule has 0 aliphatic carbocycles. The molecule has 1 aliphatic heterocycles. The first kappa shape index (κ1) is 17.3. The molecule has 1 aromatic heterocycles. The molecule has 4 nitrogen and oxygen atoms in total. The van der Waals surface area contributed by atoms with Crippen LogP contribution in [0.15, 0.2) is 42.6 Å². The van der Waals surface area contributed by atoms with Gasteiger partial charge in [-0.25, -0.2) is 4.98 Å². The van der Waals surface area contributed by atoms with Gasteiger partial charge in [0.15, 0.2) is 0 Å². The number of rotatable bonds is 3. The van der Waals surface area contributed by atoms with Crippen LogP contribution in [0, 0.1) is 0 Å². The van der Waals surface area contributed by atoms with E-state index in [4.69, 9.17) is 0 Å². The largest absolute Gasteiger partial charge is 0.418 e. The first-order valence-electron chi connectivity index (χ1n) is 8.14. The number of para-hydroxylation sites is 1. The Bertz CT molecular complexity index is 738. The summed E-state index contributed by atoms with van der Waals surface area (Å²) in [5.41, 5.74) is -0.0983. The van der Waals surface area contributed by atoms with Gasteiger partial charge in [0.25, 0.3) is 5.91 Å². The maximum absolute atomic E-state index is 13.0. The van der Waals surface area contributed by atoms with E-state index in [1.165, 1.54) is 30.5 Å². The number of aromatic nitrogens is 1. The Labute approximate surface area is 143 Å². The minimum Gasteiger partial charge on any atom is -0.354 e. The van der Waals surface area contributed by atoms with E-state index in [-0.39, 0.29) is 11.6 Å². The molecule has 0 unspecified atom stereocenters. The molecule has 132 valence electrons. The lowest BCUT2D eigenvalue weighted by molar-refractivity contribution is -0.136. The molecule has 25 heavy (non-hydrogen) atoms. The van der Waals surface area contributed by atoms with Crippen LogP contribution in [-0.2, 0) is 6.18 Å². The van der Waals surface area contributed by atoms with E-state index in [1.807, 2.05) is 0 Å². The molecular formula is C18H18F3N3O. The first-order valence-corrected chi connectivity index (χ1v) is 8.14. The van der Waals surface area contributed by atoms with Gasteiger partial charge in [0.1, 0.15) is 5.69 Å². The van der Waals surface area contributed by atoms with Crippen LogP contribution in [0.2, 0.25) is 0 Å². The molecule has 7 heteroatoms. The Balaban J connectivity index is 1.74. The molecule has 0 bridgehead atoms. The highest BCUT2D eigenvalue weighted by Gasteiger charge is 2.33. The van der Waals surface area contributed by atoms with Gasteiger partial charge in [-0.15, -0.1) is 0 Å². The standard InChI is InChI=1S/C18H18F3N3O/c19-18(20,21)14-6-2-3-7-15(14)23-13-8-9-16(22-12-13)17(25)24-10-4-1-5-11-24/h2-3,6-9,12,23H,1,4-5,10-11H2. The van der Waals surface area contributed by atoms with E-state index < -0.39 is 11.7 Å². The number of carbonyl (C=O) groups is 1. The third kappa shape index (κ3) is 4.10. The Morgan fingerprint density at radius 3 is 2.40 bits per heavy atom. The zero-order valence-corrected chi connectivity index (χ0v) is 13.5. The number of alkyl halides is 3. The second-order valence-corrected chi connectivity index (χ2v) is 5.95. The summed E-state index contributed by atoms with van der Waals surface area (Å²) >= 11 is 0. The number of likely N-dealkylation sites (tertiary alicyclic amines) is 1. The van der Waals surface area contributed by atoms with Gasteiger partial charge in [0.05, 0.1) is 23.1 Å². The highest BCUT2D eigenvalue weighted by molar-refractivity contribution is 5.92. The number of carbonyl (C=O) groups excluding carboxylic acids is 1. The molecule has 1 saturated heterocycles. The summed E-state index contributed by atoms with van der Waals surface area (Å²) in [7, 11) is 0. The van der Waals surface area contributed by atoms with Crippen molar-refractivity contribution >= 4 is 17.3 Å². The molecule has 1 fully saturated rings. The summed E-state index contributed by atoms with van der Waals surface area (Å²) in [5, 5.41) is 2.72. The number of anilines is 2. The van der Waals surface area contributed by atoms with E-state index in [9.17, 15) is 18.0 Å². The van der Waals surface area contributed by atoms with Crippen LogP contribution in [-0.4, -0.2) is 28.9 Å². The molecule has 1 N–H and O–H groups in total. The van der Waals surface area contributed by atoms with E-state index in [0.29, 0.717) is 11.4 Å². The van der Waals surface area contributed by atoms with E-state index in [2.05, 4.69) is 10.3 Å². The Hall–Kier alpha value is -2.57. The fourth-order valence-electron chi connectivity index (χ4n) is 2.85. The predicted molar refractivity (Wildman–Crippen MR) is 88.7 cm³/mol. The summed E-state index contributed by atoms with van der Waals surface area (Å²) in [5.74, 6) is -0.137. The van der Waals surface area contributed by atoms with E-state index in [0.717, 1.165) is 38.4 Å². The van der Waals surface area contributed by atoms with Crippen LogP contribution in [0.3, 0.4) is 0 Å². The third-order valence-electron chi connectivity index (χ3n) is 4.14. The van der Waals surface area contributed by atoms with Crippen molar-refractivity contribution in [3.63, 3.8) is 0 Å². The lowest BCUT2D eigenvalue weighted by atomic mass is 10.1. The SMILES string of the molecule is O=C(c1ccc(Nc2ccccc2C(F)(F)F)cn1)N1CCCCC1. The van der Waals surface area contributed by atoms with Crippen molar-refractivity contribution in [2.24, 2.45) is 0 Å². The third-order valence-corrected chi connectivity index (χ3v) is 4.14. The number of hydrogen-bond acceptors (Lipinski definition) is 3. The number of nitrogens with zero attached hydrogens (tertiary/aromatic N) is 2. The van der Waals surface area contributed by atoms with Gasteiger partial charge in [-0.3, -0.25) is 4.79 Å². The molecule has 0 atom stereocenters. The van der Waals surface area contributed by atoms with E-state index in [1.54, 1.807) is 11.0 Å². The van der Waals surface area contributed by atoms with Crippen molar-refractivity contribution in [1.82, 2.24) is 9.88 Å². The fourth-order valence-corrected chi connectivity index (χ4v) is 2.85. The van der Waals surface area contributed by atoms with Crippen LogP contribution in [0.25, 0.3) is 0 Å². The topological polar surface area (TPSA) is 45.2 Å². The van der Waals surface area contributed by atoms with Crippen LogP contribution in [0.1, 0.15) is 35.3 Å². The highest BCUT2D eigenvalue weighted by atomic mass is 19.4. The van der Waals surface area contributed by atoms with Crippen molar-refractivity contribution in [2.75, 3.05) is 18.4 Å². The maximum Gasteiger partial charge on any atom is 0.418 e. The molecule has 2 heterocycles. The summed E-state index contributed by atoms with van der Waals surface area (Å²) in [6.07, 6.45) is 0.0312. The summed E-state index contributed by atoms with van der Waals surface area (Å²) < 4.78 is 39.1. The van der Waals surface area contributed by atoms with Gasteiger partial charge in [0.2, 0.25) is 0 Å². The second-order valence-electron chi connectivity index (χ2n) is 5.95. The van der Waals surface area contributed by atoms with Crippen molar-refractivity contribution in [2.45, 2.75) is 25.4 Å². The smallest absolute Gasteiger partial charge is 0.354 e. The van der Waals surface area contributed by atoms with Crippen molar-refractivity contribution in [3.05, 3.63) is 53.9 Å². The van der Waals surface area contributed by atoms with Crippen LogP contribution < -0.4 is 5.32 Å². The van der Waals surface area contributed by atoms with Crippen LogP contribution >= 0.6 is 0 Å².